The van der Waals surface area contributed by atoms with Gasteiger partial charge in [-0.3, -0.25) is 0 Å². The SMILES string of the molecule is CCCCCCCCCCCCCCCCCCCCCCOC(=O)c1ccccc1C(=O)OCC(C)S(=O)(=O)[O-].[Na+]. The molecule has 9 heteroatoms. The van der Waals surface area contributed by atoms with Gasteiger partial charge in [0.25, 0.3) is 0 Å². The third kappa shape index (κ3) is 20.9. The van der Waals surface area contributed by atoms with Gasteiger partial charge in [0.15, 0.2) is 0 Å². The van der Waals surface area contributed by atoms with Gasteiger partial charge >= 0.3 is 41.5 Å². The largest absolute Gasteiger partial charge is 1.00 e. The molecule has 0 amide bonds. The first-order valence-electron chi connectivity index (χ1n) is 16.1. The molecule has 1 rings (SSSR count). The zero-order chi connectivity index (χ0) is 30.2. The molecule has 0 saturated carbocycles. The summed E-state index contributed by atoms with van der Waals surface area (Å²) in [6.07, 6.45) is 26.0. The van der Waals surface area contributed by atoms with Gasteiger partial charge in [0, 0.05) is 0 Å². The van der Waals surface area contributed by atoms with Crippen LogP contribution in [0.3, 0.4) is 0 Å². The second kappa shape index (κ2) is 26.5. The molecule has 1 aromatic carbocycles. The average molecular weight is 619 g/mol. The van der Waals surface area contributed by atoms with Gasteiger partial charge in [-0.25, -0.2) is 18.0 Å². The Hall–Kier alpha value is -0.930. The van der Waals surface area contributed by atoms with E-state index in [4.69, 9.17) is 9.47 Å². The summed E-state index contributed by atoms with van der Waals surface area (Å²) in [5, 5.41) is -1.37. The molecule has 1 aromatic rings. The summed E-state index contributed by atoms with van der Waals surface area (Å²) in [6, 6.07) is 6.05. The van der Waals surface area contributed by atoms with Crippen molar-refractivity contribution in [3.05, 3.63) is 35.4 Å². The fourth-order valence-electron chi connectivity index (χ4n) is 4.79. The van der Waals surface area contributed by atoms with Crippen LogP contribution in [0.5, 0.6) is 0 Å². The number of carbonyl (C=O) groups is 2. The van der Waals surface area contributed by atoms with Crippen molar-refractivity contribution in [2.24, 2.45) is 0 Å². The van der Waals surface area contributed by atoms with Crippen molar-refractivity contribution < 1.29 is 61.6 Å². The molecule has 0 aliphatic rings. The van der Waals surface area contributed by atoms with Crippen LogP contribution >= 0.6 is 0 Å². The second-order valence-corrected chi connectivity index (χ2v) is 13.1. The molecule has 0 N–H and O–H groups in total. The van der Waals surface area contributed by atoms with Gasteiger partial charge in [-0.05, 0) is 25.5 Å². The molecule has 1 unspecified atom stereocenters. The van der Waals surface area contributed by atoms with Crippen LogP contribution in [0.1, 0.15) is 163 Å². The van der Waals surface area contributed by atoms with Crippen molar-refractivity contribution in [3.8, 4) is 0 Å². The first kappa shape index (κ1) is 41.1. The summed E-state index contributed by atoms with van der Waals surface area (Å²) in [4.78, 5) is 24.8. The minimum atomic E-state index is -4.56. The van der Waals surface area contributed by atoms with E-state index in [1.54, 1.807) is 12.1 Å². The molecule has 0 aromatic heterocycles. The first-order chi connectivity index (χ1) is 19.8. The van der Waals surface area contributed by atoms with Gasteiger partial charge < -0.3 is 14.0 Å². The van der Waals surface area contributed by atoms with Crippen LogP contribution in [0.15, 0.2) is 24.3 Å². The molecule has 1 atom stereocenters. The standard InChI is InChI=1S/C33H56O7S.Na/c1-3-4-5-6-7-8-9-10-11-12-13-14-15-16-17-18-19-20-21-24-27-39-32(34)30-25-22-23-26-31(30)33(35)40-28-29(2)41(36,37)38;/h22-23,25-26,29H,3-21,24,27-28H2,1-2H3,(H,36,37,38);/q;+1/p-1. The molecular formula is C33H55NaO7S. The Morgan fingerprint density at radius 3 is 1.33 bits per heavy atom. The van der Waals surface area contributed by atoms with Crippen molar-refractivity contribution >= 4 is 22.1 Å². The number of unbranched alkanes of at least 4 members (excludes halogenated alkanes) is 19. The zero-order valence-electron chi connectivity index (χ0n) is 26.7. The first-order valence-corrected chi connectivity index (χ1v) is 17.6. The number of hydrogen-bond donors (Lipinski definition) is 0. The van der Waals surface area contributed by atoms with Crippen molar-refractivity contribution in [2.45, 2.75) is 148 Å². The predicted molar refractivity (Wildman–Crippen MR) is 164 cm³/mol. The van der Waals surface area contributed by atoms with Crippen LogP contribution in [-0.2, 0) is 19.6 Å². The normalized spacial score (nSPS) is 12.0. The molecule has 42 heavy (non-hydrogen) atoms. The third-order valence-electron chi connectivity index (χ3n) is 7.54. The molecule has 0 fully saturated rings. The molecule has 0 heterocycles. The predicted octanol–water partition coefficient (Wildman–Crippen LogP) is 5.76. The summed E-state index contributed by atoms with van der Waals surface area (Å²) < 4.78 is 43.3. The van der Waals surface area contributed by atoms with E-state index in [1.165, 1.54) is 121 Å². The minimum Gasteiger partial charge on any atom is -0.748 e. The summed E-state index contributed by atoms with van der Waals surface area (Å²) in [7, 11) is -4.56. The number of carbonyl (C=O) groups excluding carboxylic acids is 2. The number of benzene rings is 1. The number of hydrogen-bond acceptors (Lipinski definition) is 7. The maximum absolute atomic E-state index is 12.5. The van der Waals surface area contributed by atoms with Crippen LogP contribution in [0.4, 0.5) is 0 Å². The number of rotatable bonds is 26. The molecule has 0 saturated heterocycles. The number of ether oxygens (including phenoxy) is 2. The monoisotopic (exact) mass is 618 g/mol. The van der Waals surface area contributed by atoms with Crippen molar-refractivity contribution in [1.29, 1.82) is 0 Å². The fourth-order valence-corrected chi connectivity index (χ4v) is 5.03. The molecule has 236 valence electrons. The zero-order valence-corrected chi connectivity index (χ0v) is 29.5. The van der Waals surface area contributed by atoms with E-state index in [2.05, 4.69) is 6.92 Å². The topological polar surface area (TPSA) is 110 Å². The smallest absolute Gasteiger partial charge is 0.748 e. The van der Waals surface area contributed by atoms with E-state index < -0.39 is 33.9 Å². The Morgan fingerprint density at radius 1 is 0.643 bits per heavy atom. The van der Waals surface area contributed by atoms with Crippen molar-refractivity contribution in [2.75, 3.05) is 13.2 Å². The van der Waals surface area contributed by atoms with E-state index in [9.17, 15) is 22.6 Å². The molecule has 0 aliphatic heterocycles. The Labute approximate surface area is 278 Å². The third-order valence-corrected chi connectivity index (χ3v) is 8.66. The Balaban J connectivity index is 0.0000168. The molecule has 0 spiro atoms. The molecular weight excluding hydrogens is 563 g/mol. The van der Waals surface area contributed by atoms with Gasteiger partial charge in [0.2, 0.25) is 0 Å². The van der Waals surface area contributed by atoms with E-state index in [0.717, 1.165) is 26.2 Å². The molecule has 0 bridgehead atoms. The summed E-state index contributed by atoms with van der Waals surface area (Å²) in [5.74, 6) is -1.49. The van der Waals surface area contributed by atoms with Crippen LogP contribution in [0, 0.1) is 0 Å². The Bertz CT molecular complexity index is 936. The number of esters is 2. The summed E-state index contributed by atoms with van der Waals surface area (Å²) >= 11 is 0. The van der Waals surface area contributed by atoms with E-state index >= 15 is 0 Å². The fraction of sp³-hybridized carbons (Fsp3) is 0.758. The minimum absolute atomic E-state index is 0. The van der Waals surface area contributed by atoms with E-state index in [1.807, 2.05) is 0 Å². The summed E-state index contributed by atoms with van der Waals surface area (Å²) in [5.41, 5.74) is 0.0415. The molecule has 0 radical (unpaired) electrons. The van der Waals surface area contributed by atoms with Crippen LogP contribution < -0.4 is 29.6 Å². The van der Waals surface area contributed by atoms with Gasteiger partial charge in [-0.1, -0.05) is 141 Å². The van der Waals surface area contributed by atoms with Crippen molar-refractivity contribution in [1.82, 2.24) is 0 Å². The Morgan fingerprint density at radius 2 is 0.976 bits per heavy atom. The van der Waals surface area contributed by atoms with Crippen molar-refractivity contribution in [3.63, 3.8) is 0 Å². The maximum atomic E-state index is 12.5. The van der Waals surface area contributed by atoms with Gasteiger partial charge in [0.05, 0.1) is 23.0 Å². The van der Waals surface area contributed by atoms with Gasteiger partial charge in [0.1, 0.15) is 16.7 Å². The van der Waals surface area contributed by atoms with Crippen LogP contribution in [-0.4, -0.2) is 43.4 Å². The summed E-state index contributed by atoms with van der Waals surface area (Å²) in [6.45, 7) is 3.13. The quantitative estimate of drug-likeness (QED) is 0.0562. The van der Waals surface area contributed by atoms with Gasteiger partial charge in [-0.15, -0.1) is 0 Å². The van der Waals surface area contributed by atoms with Crippen LogP contribution in [0.2, 0.25) is 0 Å². The molecule has 0 aliphatic carbocycles. The average Bonchev–Trinajstić information content (AvgIpc) is 2.95. The second-order valence-electron chi connectivity index (χ2n) is 11.3. The van der Waals surface area contributed by atoms with Gasteiger partial charge in [-0.2, -0.15) is 0 Å². The maximum Gasteiger partial charge on any atom is 1.00 e. The Kier molecular flexibility index (Phi) is 25.9. The molecule has 7 nitrogen and oxygen atoms in total. The van der Waals surface area contributed by atoms with E-state index in [-0.39, 0.29) is 47.3 Å². The van der Waals surface area contributed by atoms with E-state index in [0.29, 0.717) is 0 Å². The van der Waals surface area contributed by atoms with Crippen LogP contribution in [0.25, 0.3) is 0 Å².